The van der Waals surface area contributed by atoms with Crippen LogP contribution in [0.3, 0.4) is 0 Å². The lowest BCUT2D eigenvalue weighted by Crippen LogP contribution is -2.09. The zero-order valence-electron chi connectivity index (χ0n) is 27.3. The first-order chi connectivity index (χ1) is 24.8. The number of rotatable bonds is 5. The predicted molar refractivity (Wildman–Crippen MR) is 207 cm³/mol. The van der Waals surface area contributed by atoms with E-state index < -0.39 is 0 Å². The predicted octanol–water partition coefficient (Wildman–Crippen LogP) is 11.3. The molecule has 1 aliphatic rings. The summed E-state index contributed by atoms with van der Waals surface area (Å²) in [5.41, 5.74) is 11.0. The van der Waals surface area contributed by atoms with Crippen LogP contribution < -0.4 is 0 Å². The third-order valence-corrected chi connectivity index (χ3v) is 10.1. The number of aromatic nitrogens is 4. The summed E-state index contributed by atoms with van der Waals surface area (Å²) in [4.78, 5) is 10.9. The lowest BCUT2D eigenvalue weighted by molar-refractivity contribution is 0.869. The molecular weight excluding hydrogens is 609 g/mol. The van der Waals surface area contributed by atoms with Crippen LogP contribution in [0.2, 0.25) is 0 Å². The summed E-state index contributed by atoms with van der Waals surface area (Å²) in [6.45, 7) is 0. The number of fused-ring (bicyclic) bond motifs is 6. The first-order valence-corrected chi connectivity index (χ1v) is 17.2. The molecular formula is C46H32N4. The molecule has 3 aromatic heterocycles. The first kappa shape index (κ1) is 28.5. The van der Waals surface area contributed by atoms with E-state index in [0.717, 1.165) is 45.4 Å². The number of hydrogen-bond donors (Lipinski definition) is 0. The molecule has 236 valence electrons. The second kappa shape index (κ2) is 11.6. The Labute approximate surface area is 289 Å². The van der Waals surface area contributed by atoms with Crippen LogP contribution in [-0.4, -0.2) is 19.1 Å². The SMILES string of the molecule is C1=C(c2ccccc2)CC(c2ccccc2)C=C1c1nc(-n2c3ccccc3c3c4ccccc4ccc32)nc2ccn(-c3ccccc3)c12. The highest BCUT2D eigenvalue weighted by molar-refractivity contribution is 6.21. The van der Waals surface area contributed by atoms with Crippen molar-refractivity contribution in [3.8, 4) is 11.6 Å². The number of hydrogen-bond acceptors (Lipinski definition) is 2. The number of benzene rings is 6. The molecule has 0 bridgehead atoms. The van der Waals surface area contributed by atoms with Gasteiger partial charge in [0.1, 0.15) is 5.69 Å². The molecule has 4 heteroatoms. The topological polar surface area (TPSA) is 35.6 Å². The van der Waals surface area contributed by atoms with Crippen molar-refractivity contribution in [1.82, 2.24) is 19.1 Å². The van der Waals surface area contributed by atoms with Crippen LogP contribution in [0, 0.1) is 0 Å². The number of para-hydroxylation sites is 2. The maximum Gasteiger partial charge on any atom is 0.235 e. The van der Waals surface area contributed by atoms with E-state index in [1.54, 1.807) is 0 Å². The average molecular weight is 641 g/mol. The Morgan fingerprint density at radius 3 is 2.10 bits per heavy atom. The molecule has 9 aromatic rings. The van der Waals surface area contributed by atoms with Gasteiger partial charge in [-0.3, -0.25) is 4.57 Å². The standard InChI is InChI=1S/C46H32N4/c1-4-14-31(15-5-1)34-28-35(32-16-6-2-7-17-32)30-36(29-34)44-45-40(26-27-49(45)37-19-8-3-9-20-37)47-46(48-44)50-41-23-13-12-22-39(41)43-38-21-11-10-18-33(38)24-25-42(43)50/h1-27,29-30,34H,28H2. The van der Waals surface area contributed by atoms with E-state index in [9.17, 15) is 0 Å². The Morgan fingerprint density at radius 2 is 1.28 bits per heavy atom. The number of allylic oxidation sites excluding steroid dienone is 4. The first-order valence-electron chi connectivity index (χ1n) is 17.2. The minimum atomic E-state index is 0.194. The highest BCUT2D eigenvalue weighted by Gasteiger charge is 2.25. The van der Waals surface area contributed by atoms with Crippen molar-refractivity contribution < 1.29 is 0 Å². The van der Waals surface area contributed by atoms with Crippen molar-refractivity contribution >= 4 is 54.8 Å². The minimum Gasteiger partial charge on any atom is -0.313 e. The Balaban J connectivity index is 1.29. The monoisotopic (exact) mass is 640 g/mol. The van der Waals surface area contributed by atoms with E-state index in [-0.39, 0.29) is 5.92 Å². The molecule has 4 nitrogen and oxygen atoms in total. The highest BCUT2D eigenvalue weighted by Crippen LogP contribution is 2.42. The summed E-state index contributed by atoms with van der Waals surface area (Å²) >= 11 is 0. The van der Waals surface area contributed by atoms with Crippen LogP contribution >= 0.6 is 0 Å². The van der Waals surface area contributed by atoms with Crippen LogP contribution in [0.25, 0.3) is 66.4 Å². The van der Waals surface area contributed by atoms with Gasteiger partial charge in [0.2, 0.25) is 5.95 Å². The van der Waals surface area contributed by atoms with Crippen LogP contribution in [-0.2, 0) is 0 Å². The molecule has 1 atom stereocenters. The van der Waals surface area contributed by atoms with Crippen molar-refractivity contribution in [2.75, 3.05) is 0 Å². The fourth-order valence-electron chi connectivity index (χ4n) is 7.82. The Hall–Kier alpha value is -6.52. The molecule has 0 amide bonds. The molecule has 0 aliphatic heterocycles. The van der Waals surface area contributed by atoms with Gasteiger partial charge >= 0.3 is 0 Å². The molecule has 0 N–H and O–H groups in total. The lowest BCUT2D eigenvalue weighted by atomic mass is 9.82. The summed E-state index contributed by atoms with van der Waals surface area (Å²) < 4.78 is 4.48. The second-order valence-electron chi connectivity index (χ2n) is 13.0. The molecule has 50 heavy (non-hydrogen) atoms. The van der Waals surface area contributed by atoms with Gasteiger partial charge < -0.3 is 4.57 Å². The van der Waals surface area contributed by atoms with Crippen LogP contribution in [0.1, 0.15) is 29.2 Å². The summed E-state index contributed by atoms with van der Waals surface area (Å²) in [5.74, 6) is 0.858. The van der Waals surface area contributed by atoms with Gasteiger partial charge in [0.25, 0.3) is 0 Å². The van der Waals surface area contributed by atoms with E-state index in [4.69, 9.17) is 9.97 Å². The second-order valence-corrected chi connectivity index (χ2v) is 13.0. The zero-order valence-corrected chi connectivity index (χ0v) is 27.3. The quantitative estimate of drug-likeness (QED) is 0.188. The normalized spacial score (nSPS) is 14.8. The fourth-order valence-corrected chi connectivity index (χ4v) is 7.82. The summed E-state index contributed by atoms with van der Waals surface area (Å²) in [6.07, 6.45) is 7.80. The summed E-state index contributed by atoms with van der Waals surface area (Å²) in [6, 6.07) is 55.9. The van der Waals surface area contributed by atoms with Crippen LogP contribution in [0.5, 0.6) is 0 Å². The third kappa shape index (κ3) is 4.61. The highest BCUT2D eigenvalue weighted by atomic mass is 15.2. The lowest BCUT2D eigenvalue weighted by Gasteiger charge is -2.23. The molecule has 3 heterocycles. The number of nitrogens with zero attached hydrogens (tertiary/aromatic N) is 4. The largest absolute Gasteiger partial charge is 0.313 e. The van der Waals surface area contributed by atoms with Gasteiger partial charge in [-0.15, -0.1) is 0 Å². The summed E-state index contributed by atoms with van der Waals surface area (Å²) in [5, 5.41) is 4.86. The maximum absolute atomic E-state index is 5.58. The van der Waals surface area contributed by atoms with E-state index in [1.807, 2.05) is 0 Å². The van der Waals surface area contributed by atoms with E-state index in [2.05, 4.69) is 185 Å². The molecule has 0 fully saturated rings. The van der Waals surface area contributed by atoms with Gasteiger partial charge in [0.15, 0.2) is 0 Å². The van der Waals surface area contributed by atoms with E-state index in [0.29, 0.717) is 5.95 Å². The van der Waals surface area contributed by atoms with E-state index >= 15 is 0 Å². The van der Waals surface area contributed by atoms with Crippen molar-refractivity contribution in [2.24, 2.45) is 0 Å². The molecule has 0 saturated heterocycles. The van der Waals surface area contributed by atoms with Gasteiger partial charge in [-0.1, -0.05) is 133 Å². The average Bonchev–Trinajstić information content (AvgIpc) is 3.78. The molecule has 10 rings (SSSR count). The minimum absolute atomic E-state index is 0.194. The van der Waals surface area contributed by atoms with Gasteiger partial charge in [-0.05, 0) is 75.9 Å². The van der Waals surface area contributed by atoms with Crippen molar-refractivity contribution in [2.45, 2.75) is 12.3 Å². The fraction of sp³-hybridized carbons (Fsp3) is 0.0435. The van der Waals surface area contributed by atoms with Crippen molar-refractivity contribution in [3.05, 3.63) is 193 Å². The van der Waals surface area contributed by atoms with Crippen molar-refractivity contribution in [3.63, 3.8) is 0 Å². The summed E-state index contributed by atoms with van der Waals surface area (Å²) in [7, 11) is 0. The van der Waals surface area contributed by atoms with Gasteiger partial charge in [-0.25, -0.2) is 9.97 Å². The third-order valence-electron chi connectivity index (χ3n) is 10.1. The Kier molecular flexibility index (Phi) is 6.59. The maximum atomic E-state index is 5.58. The smallest absolute Gasteiger partial charge is 0.235 e. The molecule has 6 aromatic carbocycles. The molecule has 1 aliphatic carbocycles. The van der Waals surface area contributed by atoms with Crippen LogP contribution in [0.15, 0.2) is 176 Å². The molecule has 1 unspecified atom stereocenters. The zero-order chi connectivity index (χ0) is 33.0. The van der Waals surface area contributed by atoms with Gasteiger partial charge in [-0.2, -0.15) is 0 Å². The van der Waals surface area contributed by atoms with Gasteiger partial charge in [0.05, 0.1) is 22.1 Å². The van der Waals surface area contributed by atoms with E-state index in [1.165, 1.54) is 38.2 Å². The molecule has 0 radical (unpaired) electrons. The van der Waals surface area contributed by atoms with Gasteiger partial charge in [0, 0.05) is 28.6 Å². The van der Waals surface area contributed by atoms with Crippen LogP contribution in [0.4, 0.5) is 0 Å². The van der Waals surface area contributed by atoms with Crippen molar-refractivity contribution in [1.29, 1.82) is 0 Å². The Bertz CT molecular complexity index is 2770. The molecule has 0 saturated carbocycles. The Morgan fingerprint density at radius 1 is 0.580 bits per heavy atom. The molecule has 0 spiro atoms.